The van der Waals surface area contributed by atoms with Gasteiger partial charge < -0.3 is 4.74 Å². The van der Waals surface area contributed by atoms with E-state index in [9.17, 15) is 4.79 Å². The molecule has 0 spiro atoms. The number of rotatable bonds is 4. The van der Waals surface area contributed by atoms with E-state index < -0.39 is 0 Å². The molecule has 20 heavy (non-hydrogen) atoms. The van der Waals surface area contributed by atoms with E-state index in [2.05, 4.69) is 12.8 Å². The molecule has 100 valence electrons. The highest BCUT2D eigenvalue weighted by molar-refractivity contribution is 5.91. The van der Waals surface area contributed by atoms with Gasteiger partial charge in [0, 0.05) is 5.56 Å². The smallest absolute Gasteiger partial charge is 0.343 e. The van der Waals surface area contributed by atoms with Crippen LogP contribution in [0, 0.1) is 12.3 Å². The summed E-state index contributed by atoms with van der Waals surface area (Å²) in [4.78, 5) is 12.0. The predicted octanol–water partition coefficient (Wildman–Crippen LogP) is 3.84. The Balaban J connectivity index is 2.05. The van der Waals surface area contributed by atoms with Crippen LogP contribution < -0.4 is 4.74 Å². The Kier molecular flexibility index (Phi) is 4.57. The fourth-order valence-electron chi connectivity index (χ4n) is 1.88. The number of carbonyl (C=O) groups is 1. The second-order valence-corrected chi connectivity index (χ2v) is 4.51. The molecule has 0 saturated heterocycles. The van der Waals surface area contributed by atoms with E-state index in [1.54, 1.807) is 36.4 Å². The normalized spacial score (nSPS) is 9.80. The molecule has 2 aromatic carbocycles. The van der Waals surface area contributed by atoms with E-state index in [4.69, 9.17) is 11.2 Å². The zero-order valence-corrected chi connectivity index (χ0v) is 11.4. The van der Waals surface area contributed by atoms with E-state index >= 15 is 0 Å². The monoisotopic (exact) mass is 264 g/mol. The van der Waals surface area contributed by atoms with Gasteiger partial charge in [0.2, 0.25) is 0 Å². The van der Waals surface area contributed by atoms with Crippen LogP contribution in [0.2, 0.25) is 0 Å². The number of benzene rings is 2. The molecule has 0 atom stereocenters. The molecule has 2 nitrogen and oxygen atoms in total. The third-order valence-electron chi connectivity index (χ3n) is 2.96. The molecule has 0 amide bonds. The van der Waals surface area contributed by atoms with Crippen molar-refractivity contribution in [1.82, 2.24) is 0 Å². The van der Waals surface area contributed by atoms with Crippen LogP contribution in [0.3, 0.4) is 0 Å². The lowest BCUT2D eigenvalue weighted by Crippen LogP contribution is -2.08. The zero-order valence-electron chi connectivity index (χ0n) is 11.4. The van der Waals surface area contributed by atoms with Crippen molar-refractivity contribution in [3.05, 3.63) is 65.2 Å². The summed E-state index contributed by atoms with van der Waals surface area (Å²) in [7, 11) is 0. The summed E-state index contributed by atoms with van der Waals surface area (Å²) in [5.74, 6) is 2.65. The number of terminal acetylenes is 1. The quantitative estimate of drug-likeness (QED) is 0.476. The Morgan fingerprint density at radius 3 is 2.30 bits per heavy atom. The summed E-state index contributed by atoms with van der Waals surface area (Å²) in [5.41, 5.74) is 2.53. The topological polar surface area (TPSA) is 26.3 Å². The van der Waals surface area contributed by atoms with Crippen molar-refractivity contribution in [3.63, 3.8) is 0 Å². The molecule has 2 heteroatoms. The Labute approximate surface area is 119 Å². The number of aryl methyl sites for hydroxylation is 1. The molecule has 0 aromatic heterocycles. The molecule has 0 fully saturated rings. The van der Waals surface area contributed by atoms with Crippen LogP contribution in [0.25, 0.3) is 0 Å². The SMILES string of the molecule is C#Cc1ccc(OC(=O)c2ccc(CCC)cc2)cc1. The number of hydrogen-bond donors (Lipinski definition) is 0. The molecule has 0 aliphatic heterocycles. The van der Waals surface area contributed by atoms with E-state index in [1.165, 1.54) is 5.56 Å². The van der Waals surface area contributed by atoms with Crippen molar-refractivity contribution in [2.45, 2.75) is 19.8 Å². The molecule has 0 bridgehead atoms. The lowest BCUT2D eigenvalue weighted by Gasteiger charge is -2.05. The van der Waals surface area contributed by atoms with Crippen LogP contribution in [0.15, 0.2) is 48.5 Å². The van der Waals surface area contributed by atoms with Gasteiger partial charge in [-0.05, 0) is 48.4 Å². The molecule has 0 saturated carbocycles. The Morgan fingerprint density at radius 1 is 1.10 bits per heavy atom. The van der Waals surface area contributed by atoms with Crippen LogP contribution >= 0.6 is 0 Å². The lowest BCUT2D eigenvalue weighted by molar-refractivity contribution is 0.0735. The van der Waals surface area contributed by atoms with Gasteiger partial charge in [-0.3, -0.25) is 0 Å². The predicted molar refractivity (Wildman–Crippen MR) is 79.8 cm³/mol. The maximum Gasteiger partial charge on any atom is 0.343 e. The first kappa shape index (κ1) is 13.9. The summed E-state index contributed by atoms with van der Waals surface area (Å²) in [6, 6.07) is 14.4. The number of ether oxygens (including phenoxy) is 1. The summed E-state index contributed by atoms with van der Waals surface area (Å²) >= 11 is 0. The Bertz CT molecular complexity index is 616. The maximum absolute atomic E-state index is 12.0. The molecule has 0 heterocycles. The van der Waals surface area contributed by atoms with Gasteiger partial charge in [-0.25, -0.2) is 4.79 Å². The summed E-state index contributed by atoms with van der Waals surface area (Å²) in [6.07, 6.45) is 7.38. The molecule has 2 aromatic rings. The van der Waals surface area contributed by atoms with E-state index in [0.29, 0.717) is 11.3 Å². The molecule has 2 rings (SSSR count). The molecular formula is C18H16O2. The molecule has 0 aliphatic carbocycles. The molecule has 0 aliphatic rings. The third kappa shape index (κ3) is 3.49. The van der Waals surface area contributed by atoms with Crippen molar-refractivity contribution in [1.29, 1.82) is 0 Å². The molecule has 0 unspecified atom stereocenters. The summed E-state index contributed by atoms with van der Waals surface area (Å²) in [5, 5.41) is 0. The van der Waals surface area contributed by atoms with Crippen LogP contribution in [-0.2, 0) is 6.42 Å². The van der Waals surface area contributed by atoms with Crippen LogP contribution in [0.4, 0.5) is 0 Å². The molecule has 0 N–H and O–H groups in total. The fraction of sp³-hybridized carbons (Fsp3) is 0.167. The third-order valence-corrected chi connectivity index (χ3v) is 2.96. The van der Waals surface area contributed by atoms with Crippen LogP contribution in [-0.4, -0.2) is 5.97 Å². The Hall–Kier alpha value is -2.53. The first-order chi connectivity index (χ1) is 9.72. The lowest BCUT2D eigenvalue weighted by atomic mass is 10.1. The van der Waals surface area contributed by atoms with Gasteiger partial charge in [0.1, 0.15) is 5.75 Å². The van der Waals surface area contributed by atoms with Gasteiger partial charge in [0.05, 0.1) is 5.56 Å². The second kappa shape index (κ2) is 6.58. The van der Waals surface area contributed by atoms with Gasteiger partial charge in [-0.1, -0.05) is 31.4 Å². The van der Waals surface area contributed by atoms with Gasteiger partial charge in [-0.15, -0.1) is 6.42 Å². The van der Waals surface area contributed by atoms with E-state index in [-0.39, 0.29) is 5.97 Å². The van der Waals surface area contributed by atoms with Gasteiger partial charge in [0.15, 0.2) is 0 Å². The van der Waals surface area contributed by atoms with Crippen LogP contribution in [0.5, 0.6) is 5.75 Å². The average molecular weight is 264 g/mol. The standard InChI is InChI=1S/C18H16O2/c1-3-5-15-6-10-16(11-7-15)18(19)20-17-12-8-14(4-2)9-13-17/h2,6-13H,3,5H2,1H3. The van der Waals surface area contributed by atoms with Crippen molar-refractivity contribution >= 4 is 5.97 Å². The van der Waals surface area contributed by atoms with Crippen molar-refractivity contribution in [3.8, 4) is 18.1 Å². The minimum absolute atomic E-state index is 0.360. The maximum atomic E-state index is 12.0. The largest absolute Gasteiger partial charge is 0.423 e. The highest BCUT2D eigenvalue weighted by atomic mass is 16.5. The van der Waals surface area contributed by atoms with Crippen molar-refractivity contribution in [2.24, 2.45) is 0 Å². The number of carbonyl (C=O) groups excluding carboxylic acids is 1. The zero-order chi connectivity index (χ0) is 14.4. The minimum atomic E-state index is -0.360. The summed E-state index contributed by atoms with van der Waals surface area (Å²) < 4.78 is 5.29. The van der Waals surface area contributed by atoms with Crippen molar-refractivity contribution < 1.29 is 9.53 Å². The molecule has 0 radical (unpaired) electrons. The highest BCUT2D eigenvalue weighted by Gasteiger charge is 2.08. The fourth-order valence-corrected chi connectivity index (χ4v) is 1.88. The van der Waals surface area contributed by atoms with Gasteiger partial charge in [0.25, 0.3) is 0 Å². The molecular weight excluding hydrogens is 248 g/mol. The van der Waals surface area contributed by atoms with E-state index in [0.717, 1.165) is 18.4 Å². The van der Waals surface area contributed by atoms with Gasteiger partial charge in [-0.2, -0.15) is 0 Å². The first-order valence-electron chi connectivity index (χ1n) is 6.60. The summed E-state index contributed by atoms with van der Waals surface area (Å²) in [6.45, 7) is 2.13. The number of hydrogen-bond acceptors (Lipinski definition) is 2. The minimum Gasteiger partial charge on any atom is -0.423 e. The number of esters is 1. The van der Waals surface area contributed by atoms with Crippen molar-refractivity contribution in [2.75, 3.05) is 0 Å². The van der Waals surface area contributed by atoms with Gasteiger partial charge >= 0.3 is 5.97 Å². The van der Waals surface area contributed by atoms with Crippen LogP contribution in [0.1, 0.15) is 34.8 Å². The Morgan fingerprint density at radius 2 is 1.75 bits per heavy atom. The highest BCUT2D eigenvalue weighted by Crippen LogP contribution is 2.14. The second-order valence-electron chi connectivity index (χ2n) is 4.51. The average Bonchev–Trinajstić information content (AvgIpc) is 2.49. The first-order valence-corrected chi connectivity index (χ1v) is 6.60. The van der Waals surface area contributed by atoms with E-state index in [1.807, 2.05) is 12.1 Å².